The lowest BCUT2D eigenvalue weighted by atomic mass is 10.0. The molecular weight excluding hydrogens is 396 g/mol. The van der Waals surface area contributed by atoms with E-state index in [1.54, 1.807) is 13.8 Å². The Hall–Kier alpha value is -2.04. The van der Waals surface area contributed by atoms with Gasteiger partial charge in [-0.2, -0.15) is 26.3 Å². The van der Waals surface area contributed by atoms with E-state index in [0.29, 0.717) is 12.1 Å². The molecule has 1 atom stereocenters. The van der Waals surface area contributed by atoms with Crippen molar-refractivity contribution in [2.45, 2.75) is 32.2 Å². The van der Waals surface area contributed by atoms with Crippen LogP contribution < -0.4 is 10.6 Å². The molecule has 0 fully saturated rings. The van der Waals surface area contributed by atoms with Gasteiger partial charge < -0.3 is 15.5 Å². The summed E-state index contributed by atoms with van der Waals surface area (Å²) in [6.07, 6.45) is -9.93. The van der Waals surface area contributed by atoms with Crippen LogP contribution in [0.5, 0.6) is 0 Å². The molecule has 0 bridgehead atoms. The maximum absolute atomic E-state index is 12.9. The topological polar surface area (TPSA) is 44.4 Å². The Morgan fingerprint density at radius 3 is 1.78 bits per heavy atom. The molecule has 0 saturated carbocycles. The van der Waals surface area contributed by atoms with Gasteiger partial charge in [-0.05, 0) is 36.3 Å². The molecular formula is C16H19F6N3OS. The summed E-state index contributed by atoms with van der Waals surface area (Å²) in [4.78, 5) is 13.4. The van der Waals surface area contributed by atoms with Crippen molar-refractivity contribution in [3.8, 4) is 0 Å². The molecule has 1 amide bonds. The van der Waals surface area contributed by atoms with Crippen LogP contribution in [-0.4, -0.2) is 36.1 Å². The zero-order valence-electron chi connectivity index (χ0n) is 14.9. The quantitative estimate of drug-likeness (QED) is 0.574. The highest BCUT2D eigenvalue weighted by Gasteiger charge is 2.37. The van der Waals surface area contributed by atoms with E-state index in [9.17, 15) is 31.1 Å². The number of nitrogens with one attached hydrogen (secondary N) is 2. The molecule has 0 heterocycles. The van der Waals surface area contributed by atoms with Gasteiger partial charge in [-0.25, -0.2) is 0 Å². The number of rotatable bonds is 4. The van der Waals surface area contributed by atoms with E-state index in [1.165, 1.54) is 19.0 Å². The Balaban J connectivity index is 3.12. The van der Waals surface area contributed by atoms with Crippen LogP contribution in [0.15, 0.2) is 18.2 Å². The molecule has 0 spiro atoms. The monoisotopic (exact) mass is 415 g/mol. The lowest BCUT2D eigenvalue weighted by molar-refractivity contribution is -0.143. The van der Waals surface area contributed by atoms with Gasteiger partial charge in [-0.15, -0.1) is 0 Å². The third-order valence-corrected chi connectivity index (χ3v) is 3.73. The molecule has 0 aliphatic carbocycles. The molecule has 2 N–H and O–H groups in total. The van der Waals surface area contributed by atoms with E-state index in [2.05, 4.69) is 10.6 Å². The minimum absolute atomic E-state index is 0.0220. The first-order valence-electron chi connectivity index (χ1n) is 7.71. The van der Waals surface area contributed by atoms with Crippen molar-refractivity contribution in [1.29, 1.82) is 0 Å². The van der Waals surface area contributed by atoms with Crippen molar-refractivity contribution >= 4 is 28.9 Å². The average Bonchev–Trinajstić information content (AvgIpc) is 2.49. The molecule has 0 aliphatic heterocycles. The number of halogens is 6. The number of benzene rings is 1. The zero-order valence-corrected chi connectivity index (χ0v) is 15.7. The normalized spacial score (nSPS) is 13.3. The molecule has 1 aromatic rings. The van der Waals surface area contributed by atoms with Gasteiger partial charge in [0.05, 0.1) is 11.1 Å². The zero-order chi connectivity index (χ0) is 21.2. The molecule has 0 saturated heterocycles. The Kier molecular flexibility index (Phi) is 7.09. The van der Waals surface area contributed by atoms with Crippen LogP contribution in [0, 0.1) is 5.92 Å². The smallest absolute Gasteiger partial charge is 0.350 e. The van der Waals surface area contributed by atoms with E-state index in [1.807, 2.05) is 0 Å². The molecule has 0 aromatic heterocycles. The second-order valence-corrected chi connectivity index (χ2v) is 6.76. The van der Waals surface area contributed by atoms with Gasteiger partial charge in [-0.3, -0.25) is 4.79 Å². The summed E-state index contributed by atoms with van der Waals surface area (Å²) in [5.41, 5.74) is -3.42. The third-order valence-electron chi connectivity index (χ3n) is 3.51. The first-order valence-corrected chi connectivity index (χ1v) is 8.12. The summed E-state index contributed by atoms with van der Waals surface area (Å²) in [6, 6.07) is 0.254. The van der Waals surface area contributed by atoms with Crippen LogP contribution in [0.4, 0.5) is 32.0 Å². The van der Waals surface area contributed by atoms with Gasteiger partial charge in [0.2, 0.25) is 5.91 Å². The molecule has 27 heavy (non-hydrogen) atoms. The largest absolute Gasteiger partial charge is 0.416 e. The van der Waals surface area contributed by atoms with Crippen molar-refractivity contribution in [2.24, 2.45) is 5.92 Å². The summed E-state index contributed by atoms with van der Waals surface area (Å²) in [6.45, 7) is 3.43. The lowest BCUT2D eigenvalue weighted by Gasteiger charge is -2.26. The SMILES string of the molecule is CC(C)[C@H](NC(=S)Nc1cc(C(F)(F)F)cc(C(F)(F)F)c1)C(=O)N(C)C. The molecule has 152 valence electrons. The second-order valence-electron chi connectivity index (χ2n) is 6.35. The molecule has 11 heteroatoms. The van der Waals surface area contributed by atoms with Crippen molar-refractivity contribution in [2.75, 3.05) is 19.4 Å². The molecule has 0 unspecified atom stereocenters. The lowest BCUT2D eigenvalue weighted by Crippen LogP contribution is -2.50. The number of carbonyl (C=O) groups excluding carboxylic acids is 1. The fourth-order valence-corrected chi connectivity index (χ4v) is 2.37. The van der Waals surface area contributed by atoms with E-state index in [-0.39, 0.29) is 23.0 Å². The fraction of sp³-hybridized carbons (Fsp3) is 0.500. The third kappa shape index (κ3) is 6.56. The molecule has 1 aromatic carbocycles. The van der Waals surface area contributed by atoms with Crippen molar-refractivity contribution in [3.05, 3.63) is 29.3 Å². The number of likely N-dealkylation sites (N-methyl/N-ethyl adjacent to an activating group) is 1. The van der Waals surface area contributed by atoms with Crippen LogP contribution in [-0.2, 0) is 17.1 Å². The first kappa shape index (κ1) is 23.0. The number of hydrogen-bond acceptors (Lipinski definition) is 2. The number of anilines is 1. The first-order chi connectivity index (χ1) is 12.1. The summed E-state index contributed by atoms with van der Waals surface area (Å²) < 4.78 is 77.3. The number of hydrogen-bond donors (Lipinski definition) is 2. The highest BCUT2D eigenvalue weighted by molar-refractivity contribution is 7.80. The van der Waals surface area contributed by atoms with E-state index in [0.717, 1.165) is 0 Å². The molecule has 1 rings (SSSR count). The number of thiocarbonyl (C=S) groups is 1. The summed E-state index contributed by atoms with van der Waals surface area (Å²) >= 11 is 4.96. The predicted molar refractivity (Wildman–Crippen MR) is 93.1 cm³/mol. The molecule has 0 aliphatic rings. The van der Waals surface area contributed by atoms with E-state index in [4.69, 9.17) is 12.2 Å². The number of amides is 1. The highest BCUT2D eigenvalue weighted by atomic mass is 32.1. The molecule has 0 radical (unpaired) electrons. The van der Waals surface area contributed by atoms with E-state index < -0.39 is 35.2 Å². The number of carbonyl (C=O) groups is 1. The predicted octanol–water partition coefficient (Wildman–Crippen LogP) is 4.12. The Labute approximate surface area is 157 Å². The maximum Gasteiger partial charge on any atom is 0.416 e. The average molecular weight is 415 g/mol. The van der Waals surface area contributed by atoms with Crippen LogP contribution in [0.1, 0.15) is 25.0 Å². The highest BCUT2D eigenvalue weighted by Crippen LogP contribution is 2.37. The van der Waals surface area contributed by atoms with Crippen LogP contribution in [0.25, 0.3) is 0 Å². The van der Waals surface area contributed by atoms with Crippen LogP contribution in [0.3, 0.4) is 0 Å². The fourth-order valence-electron chi connectivity index (χ4n) is 2.13. The van der Waals surface area contributed by atoms with Crippen LogP contribution in [0.2, 0.25) is 0 Å². The van der Waals surface area contributed by atoms with Crippen LogP contribution >= 0.6 is 12.2 Å². The minimum atomic E-state index is -4.96. The van der Waals surface area contributed by atoms with Crippen molar-refractivity contribution in [3.63, 3.8) is 0 Å². The Bertz CT molecular complexity index is 668. The van der Waals surface area contributed by atoms with Gasteiger partial charge in [0.1, 0.15) is 6.04 Å². The second kappa shape index (κ2) is 8.32. The van der Waals surface area contributed by atoms with Crippen molar-refractivity contribution < 1.29 is 31.1 Å². The standard InChI is InChI=1S/C16H19F6N3OS/c1-8(2)12(13(26)25(3)4)24-14(27)23-11-6-9(15(17,18)19)5-10(7-11)16(20,21)22/h5-8,12H,1-4H3,(H2,23,24,27)/t12-/m0/s1. The van der Waals surface area contributed by atoms with Gasteiger partial charge in [0, 0.05) is 19.8 Å². The maximum atomic E-state index is 12.9. The van der Waals surface area contributed by atoms with Gasteiger partial charge in [0.15, 0.2) is 5.11 Å². The summed E-state index contributed by atoms with van der Waals surface area (Å²) in [5, 5.41) is 4.66. The Morgan fingerprint density at radius 2 is 1.44 bits per heavy atom. The van der Waals surface area contributed by atoms with E-state index >= 15 is 0 Å². The molecule has 4 nitrogen and oxygen atoms in total. The minimum Gasteiger partial charge on any atom is -0.350 e. The summed E-state index contributed by atoms with van der Waals surface area (Å²) in [5.74, 6) is -0.568. The van der Waals surface area contributed by atoms with Gasteiger partial charge >= 0.3 is 12.4 Å². The van der Waals surface area contributed by atoms with Gasteiger partial charge in [0.25, 0.3) is 0 Å². The Morgan fingerprint density at radius 1 is 1.00 bits per heavy atom. The number of alkyl halides is 6. The number of nitrogens with zero attached hydrogens (tertiary/aromatic N) is 1. The summed E-state index contributed by atoms with van der Waals surface area (Å²) in [7, 11) is 3.02. The van der Waals surface area contributed by atoms with Crippen molar-refractivity contribution in [1.82, 2.24) is 10.2 Å². The van der Waals surface area contributed by atoms with Gasteiger partial charge in [-0.1, -0.05) is 13.8 Å².